The highest BCUT2D eigenvalue weighted by Gasteiger charge is 2.37. The Morgan fingerprint density at radius 1 is 1.10 bits per heavy atom. The number of hydrogen-bond acceptors (Lipinski definition) is 3. The Bertz CT molecular complexity index is 424. The first-order valence-electron chi connectivity index (χ1n) is 7.76. The van der Waals surface area contributed by atoms with Gasteiger partial charge in [0.25, 0.3) is 0 Å². The largest absolute Gasteiger partial charge is 0.481 e. The fraction of sp³-hybridized carbons (Fsp3) is 0.800. The summed E-state index contributed by atoms with van der Waals surface area (Å²) < 4.78 is 0. The first-order valence-corrected chi connectivity index (χ1v) is 7.76. The minimum atomic E-state index is -0.930. The van der Waals surface area contributed by atoms with Crippen molar-refractivity contribution in [2.45, 2.75) is 51.5 Å². The molecule has 6 nitrogen and oxygen atoms in total. The van der Waals surface area contributed by atoms with Crippen molar-refractivity contribution in [3.63, 3.8) is 0 Å². The number of hydrogen-bond donors (Lipinski definition) is 1. The molecule has 6 heteroatoms. The Morgan fingerprint density at radius 2 is 1.86 bits per heavy atom. The van der Waals surface area contributed by atoms with E-state index in [0.717, 1.165) is 38.8 Å². The summed E-state index contributed by atoms with van der Waals surface area (Å²) in [5, 5.41) is 8.73. The summed E-state index contributed by atoms with van der Waals surface area (Å²) in [5.74, 6) is -0.549. The molecule has 2 aliphatic heterocycles. The molecule has 21 heavy (non-hydrogen) atoms. The highest BCUT2D eigenvalue weighted by Crippen LogP contribution is 2.30. The minimum Gasteiger partial charge on any atom is -0.481 e. The summed E-state index contributed by atoms with van der Waals surface area (Å²) >= 11 is 0. The SMILES string of the molecule is CC(=O)N1CC[C@@H]2[C@@H](CCCCN2C(=O)CCC(=O)O)C1. The number of piperidine rings is 1. The van der Waals surface area contributed by atoms with Gasteiger partial charge in [-0.2, -0.15) is 0 Å². The van der Waals surface area contributed by atoms with Crippen molar-refractivity contribution in [3.05, 3.63) is 0 Å². The number of carboxylic acid groups (broad SMARTS) is 1. The van der Waals surface area contributed by atoms with Crippen LogP contribution >= 0.6 is 0 Å². The summed E-state index contributed by atoms with van der Waals surface area (Å²) in [6, 6.07) is 0.171. The number of carbonyl (C=O) groups is 3. The topological polar surface area (TPSA) is 77.9 Å². The number of aliphatic carboxylic acids is 1. The van der Waals surface area contributed by atoms with Gasteiger partial charge in [0.2, 0.25) is 11.8 Å². The second kappa shape index (κ2) is 6.91. The van der Waals surface area contributed by atoms with Gasteiger partial charge < -0.3 is 14.9 Å². The van der Waals surface area contributed by atoms with Crippen LogP contribution in [0, 0.1) is 5.92 Å². The number of fused-ring (bicyclic) bond motifs is 1. The normalized spacial score (nSPS) is 26.0. The Hall–Kier alpha value is -1.59. The van der Waals surface area contributed by atoms with Crippen molar-refractivity contribution in [2.24, 2.45) is 5.92 Å². The number of likely N-dealkylation sites (tertiary alicyclic amines) is 2. The molecule has 2 atom stereocenters. The molecule has 0 radical (unpaired) electrons. The second-order valence-electron chi connectivity index (χ2n) is 6.06. The number of amides is 2. The number of rotatable bonds is 3. The van der Waals surface area contributed by atoms with Crippen molar-refractivity contribution >= 4 is 17.8 Å². The van der Waals surface area contributed by atoms with Crippen molar-refractivity contribution in [2.75, 3.05) is 19.6 Å². The molecule has 2 rings (SSSR count). The van der Waals surface area contributed by atoms with Crippen LogP contribution in [0.3, 0.4) is 0 Å². The zero-order valence-electron chi connectivity index (χ0n) is 12.6. The fourth-order valence-corrected chi connectivity index (χ4v) is 3.52. The Labute approximate surface area is 125 Å². The van der Waals surface area contributed by atoms with E-state index >= 15 is 0 Å². The Balaban J connectivity index is 2.03. The van der Waals surface area contributed by atoms with Crippen LogP contribution in [0.1, 0.15) is 45.4 Å². The van der Waals surface area contributed by atoms with Gasteiger partial charge in [0.15, 0.2) is 0 Å². The molecule has 2 aliphatic rings. The Kier molecular flexibility index (Phi) is 5.20. The minimum absolute atomic E-state index is 0.0504. The van der Waals surface area contributed by atoms with Crippen molar-refractivity contribution in [3.8, 4) is 0 Å². The molecule has 0 aromatic carbocycles. The van der Waals surface area contributed by atoms with E-state index in [4.69, 9.17) is 5.11 Å². The quantitative estimate of drug-likeness (QED) is 0.846. The lowest BCUT2D eigenvalue weighted by Gasteiger charge is -2.42. The molecule has 0 spiro atoms. The van der Waals surface area contributed by atoms with Gasteiger partial charge in [-0.25, -0.2) is 0 Å². The van der Waals surface area contributed by atoms with Crippen LogP contribution in [0.5, 0.6) is 0 Å². The predicted octanol–water partition coefficient (Wildman–Crippen LogP) is 1.10. The van der Waals surface area contributed by atoms with Gasteiger partial charge in [-0.05, 0) is 25.2 Å². The summed E-state index contributed by atoms with van der Waals surface area (Å²) in [6.07, 6.45) is 3.85. The molecule has 0 aromatic heterocycles. The van der Waals surface area contributed by atoms with Crippen LogP contribution in [-0.4, -0.2) is 58.4 Å². The smallest absolute Gasteiger partial charge is 0.303 e. The van der Waals surface area contributed by atoms with Crippen LogP contribution in [0.2, 0.25) is 0 Å². The maximum absolute atomic E-state index is 12.3. The van der Waals surface area contributed by atoms with Crippen LogP contribution in [0.25, 0.3) is 0 Å². The van der Waals surface area contributed by atoms with Crippen LogP contribution in [0.15, 0.2) is 0 Å². The average Bonchev–Trinajstić information content (AvgIpc) is 2.66. The first-order chi connectivity index (χ1) is 9.99. The standard InChI is InChI=1S/C15H24N2O4/c1-11(18)16-9-7-13-12(10-16)4-2-3-8-17(13)14(19)5-6-15(20)21/h12-13H,2-10H2,1H3,(H,20,21)/t12-,13+/m0/s1. The molecule has 0 aliphatic carbocycles. The predicted molar refractivity (Wildman–Crippen MR) is 76.6 cm³/mol. The number of nitrogens with zero attached hydrogens (tertiary/aromatic N) is 2. The highest BCUT2D eigenvalue weighted by molar-refractivity contribution is 5.81. The summed E-state index contributed by atoms with van der Waals surface area (Å²) in [6.45, 7) is 3.73. The molecule has 0 bridgehead atoms. The van der Waals surface area contributed by atoms with E-state index in [1.54, 1.807) is 6.92 Å². The number of carboxylic acids is 1. The molecule has 2 amide bonds. The van der Waals surface area contributed by atoms with Gasteiger partial charge in [-0.1, -0.05) is 6.42 Å². The summed E-state index contributed by atoms with van der Waals surface area (Å²) in [5.41, 5.74) is 0. The average molecular weight is 296 g/mol. The number of carbonyl (C=O) groups excluding carboxylic acids is 2. The monoisotopic (exact) mass is 296 g/mol. The van der Waals surface area contributed by atoms with Gasteiger partial charge >= 0.3 is 5.97 Å². The molecule has 0 saturated carbocycles. The molecule has 118 valence electrons. The highest BCUT2D eigenvalue weighted by atomic mass is 16.4. The van der Waals surface area contributed by atoms with Crippen LogP contribution in [0.4, 0.5) is 0 Å². The molecule has 1 N–H and O–H groups in total. The van der Waals surface area contributed by atoms with Crippen molar-refractivity contribution in [1.82, 2.24) is 9.80 Å². The maximum atomic E-state index is 12.3. The van der Waals surface area contributed by atoms with Gasteiger partial charge in [0.05, 0.1) is 6.42 Å². The molecule has 0 unspecified atom stereocenters. The van der Waals surface area contributed by atoms with E-state index < -0.39 is 5.97 Å². The van der Waals surface area contributed by atoms with E-state index in [9.17, 15) is 14.4 Å². The van der Waals surface area contributed by atoms with Crippen molar-refractivity contribution < 1.29 is 19.5 Å². The molecule has 0 aromatic rings. The molecule has 2 fully saturated rings. The lowest BCUT2D eigenvalue weighted by Crippen LogP contribution is -2.53. The summed E-state index contributed by atoms with van der Waals surface area (Å²) in [7, 11) is 0. The van der Waals surface area contributed by atoms with Gasteiger partial charge in [0, 0.05) is 39.0 Å². The van der Waals surface area contributed by atoms with Crippen LogP contribution < -0.4 is 0 Å². The first kappa shape index (κ1) is 15.8. The second-order valence-corrected chi connectivity index (χ2v) is 6.06. The third kappa shape index (κ3) is 3.95. The van der Waals surface area contributed by atoms with E-state index in [-0.39, 0.29) is 30.7 Å². The molecule has 2 heterocycles. The van der Waals surface area contributed by atoms with E-state index in [2.05, 4.69) is 0 Å². The molecular weight excluding hydrogens is 272 g/mol. The molecular formula is C15H24N2O4. The van der Waals surface area contributed by atoms with E-state index in [1.807, 2.05) is 9.80 Å². The van der Waals surface area contributed by atoms with Crippen molar-refractivity contribution in [1.29, 1.82) is 0 Å². The Morgan fingerprint density at radius 3 is 2.52 bits per heavy atom. The zero-order chi connectivity index (χ0) is 15.4. The molecule has 2 saturated heterocycles. The third-order valence-electron chi connectivity index (χ3n) is 4.64. The van der Waals surface area contributed by atoms with Crippen LogP contribution in [-0.2, 0) is 14.4 Å². The van der Waals surface area contributed by atoms with Gasteiger partial charge in [-0.3, -0.25) is 14.4 Å². The zero-order valence-corrected chi connectivity index (χ0v) is 12.6. The lowest BCUT2D eigenvalue weighted by atomic mass is 9.88. The van der Waals surface area contributed by atoms with Gasteiger partial charge in [0.1, 0.15) is 0 Å². The summed E-state index contributed by atoms with van der Waals surface area (Å²) in [4.78, 5) is 38.2. The third-order valence-corrected chi connectivity index (χ3v) is 4.64. The van der Waals surface area contributed by atoms with E-state index in [0.29, 0.717) is 12.5 Å². The van der Waals surface area contributed by atoms with E-state index in [1.165, 1.54) is 0 Å². The fourth-order valence-electron chi connectivity index (χ4n) is 3.52. The van der Waals surface area contributed by atoms with Gasteiger partial charge in [-0.15, -0.1) is 0 Å². The maximum Gasteiger partial charge on any atom is 0.303 e. The lowest BCUT2D eigenvalue weighted by molar-refractivity contribution is -0.143.